The summed E-state index contributed by atoms with van der Waals surface area (Å²) in [5.74, 6) is 1.35. The number of nitrogens with zero attached hydrogens (tertiary/aromatic N) is 4. The molecule has 0 amide bonds. The van der Waals surface area contributed by atoms with E-state index in [-0.39, 0.29) is 22.9 Å². The number of hydrogen-bond donors (Lipinski definition) is 1. The Morgan fingerprint density at radius 1 is 0.661 bits per heavy atom. The van der Waals surface area contributed by atoms with Crippen molar-refractivity contribution in [3.05, 3.63) is 172 Å². The molecule has 10 nitrogen and oxygen atoms in total. The zero-order valence-corrected chi connectivity index (χ0v) is 36.8. The molecule has 300 valence electrons. The number of phenolic OH excluding ortho intramolecular Hbond substituents is 1. The van der Waals surface area contributed by atoms with E-state index < -0.39 is 0 Å². The average Bonchev–Trinajstić information content (AvgIpc) is 3.25. The van der Waals surface area contributed by atoms with Crippen molar-refractivity contribution in [2.45, 2.75) is 39.5 Å². The normalized spacial score (nSPS) is 10.1. The predicted molar refractivity (Wildman–Crippen MR) is 234 cm³/mol. The van der Waals surface area contributed by atoms with Gasteiger partial charge in [0.2, 0.25) is 0 Å². The summed E-state index contributed by atoms with van der Waals surface area (Å²) in [4.78, 5) is 29.9. The van der Waals surface area contributed by atoms with E-state index in [2.05, 4.69) is 41.8 Å². The zero-order valence-electron chi connectivity index (χ0n) is 31.4. The summed E-state index contributed by atoms with van der Waals surface area (Å²) in [6.45, 7) is 4.77. The molecular formula is C44H33Br2Cl3N4O6. The topological polar surface area (TPSA) is 155 Å². The van der Waals surface area contributed by atoms with E-state index in [1.807, 2.05) is 62.4 Å². The van der Waals surface area contributed by atoms with Crippen molar-refractivity contribution in [1.82, 2.24) is 9.97 Å². The van der Waals surface area contributed by atoms with Crippen LogP contribution >= 0.6 is 66.7 Å². The molecule has 0 unspecified atom stereocenters. The summed E-state index contributed by atoms with van der Waals surface area (Å²) in [7, 11) is 0. The number of benzene rings is 4. The fourth-order valence-electron chi connectivity index (χ4n) is 4.98. The second kappa shape index (κ2) is 23.2. The fourth-order valence-corrected chi connectivity index (χ4v) is 6.39. The van der Waals surface area contributed by atoms with E-state index in [0.717, 1.165) is 36.8 Å². The summed E-state index contributed by atoms with van der Waals surface area (Å²) < 4.78 is 19.3. The van der Waals surface area contributed by atoms with Gasteiger partial charge in [0, 0.05) is 57.3 Å². The number of aromatic hydroxyl groups is 1. The highest BCUT2D eigenvalue weighted by molar-refractivity contribution is 9.10. The predicted octanol–water partition coefficient (Wildman–Crippen LogP) is 11.8. The Morgan fingerprint density at radius 2 is 1.14 bits per heavy atom. The molecule has 0 saturated heterocycles. The molecule has 0 aliphatic rings. The van der Waals surface area contributed by atoms with Gasteiger partial charge in [-0.05, 0) is 78.1 Å². The number of alkyl halides is 1. The number of hydrogen-bond acceptors (Lipinski definition) is 10. The molecule has 0 radical (unpaired) electrons. The molecule has 0 aliphatic heterocycles. The van der Waals surface area contributed by atoms with Gasteiger partial charge in [0.15, 0.2) is 12.6 Å². The summed E-state index contributed by atoms with van der Waals surface area (Å²) >= 11 is 24.8. The Balaban J connectivity index is 0.000000220. The van der Waals surface area contributed by atoms with Crippen molar-refractivity contribution < 1.29 is 28.9 Å². The van der Waals surface area contributed by atoms with Crippen molar-refractivity contribution in [2.75, 3.05) is 0 Å². The smallest absolute Gasteiger partial charge is 0.153 e. The van der Waals surface area contributed by atoms with Crippen LogP contribution in [0.15, 0.2) is 107 Å². The zero-order chi connectivity index (χ0) is 42.9. The van der Waals surface area contributed by atoms with Crippen molar-refractivity contribution in [2.24, 2.45) is 0 Å². The highest BCUT2D eigenvalue weighted by atomic mass is 79.9. The molecule has 2 heterocycles. The van der Waals surface area contributed by atoms with Crippen LogP contribution in [0.5, 0.6) is 23.0 Å². The standard InChI is InChI=1S/C22H16BrClN2O3.C15H12BrClO3.C7H5ClN2/c1-14-17(3-2-4-19(14)23)13-29-22-7-21(18(11-27)6-20(22)24)28-12-16-5-15(8-25)9-26-10-16;1-9-10(3-2-4-12(9)16)8-20-15-6-14(19)11(7-18)5-13(15)17;8-2-6-1-7(3-9)5-10-4-6/h2-7,9-11H,12-13H2,1H3;2-7,19H,8H2,1H3;1,4-5H,2H2. The lowest BCUT2D eigenvalue weighted by Crippen LogP contribution is -2.02. The summed E-state index contributed by atoms with van der Waals surface area (Å²) in [6, 6.07) is 24.9. The largest absolute Gasteiger partial charge is 0.507 e. The molecule has 4 aromatic carbocycles. The Kier molecular flexibility index (Phi) is 18.2. The molecule has 6 rings (SSSR count). The number of pyridine rings is 2. The monoisotopic (exact) mass is 976 g/mol. The molecule has 1 N–H and O–H groups in total. The van der Waals surface area contributed by atoms with Gasteiger partial charge < -0.3 is 19.3 Å². The molecular weight excluding hydrogens is 947 g/mol. The summed E-state index contributed by atoms with van der Waals surface area (Å²) in [5, 5.41) is 27.6. The van der Waals surface area contributed by atoms with Crippen LogP contribution in [-0.4, -0.2) is 27.6 Å². The molecule has 0 fully saturated rings. The van der Waals surface area contributed by atoms with Crippen molar-refractivity contribution in [3.8, 4) is 35.1 Å². The highest BCUT2D eigenvalue weighted by Crippen LogP contribution is 2.34. The molecule has 2 aromatic heterocycles. The molecule has 0 atom stereocenters. The summed E-state index contributed by atoms with van der Waals surface area (Å²) in [5.41, 5.74) is 7.21. The van der Waals surface area contributed by atoms with Crippen LogP contribution in [0.25, 0.3) is 0 Å². The van der Waals surface area contributed by atoms with Gasteiger partial charge in [0.05, 0.1) is 32.3 Å². The number of carbonyl (C=O) groups is 2. The van der Waals surface area contributed by atoms with Gasteiger partial charge in [-0.1, -0.05) is 79.3 Å². The highest BCUT2D eigenvalue weighted by Gasteiger charge is 2.13. The Morgan fingerprint density at radius 3 is 1.64 bits per heavy atom. The Hall–Kier alpha value is -5.47. The Labute approximate surface area is 373 Å². The molecule has 0 bridgehead atoms. The lowest BCUT2D eigenvalue weighted by atomic mass is 10.1. The minimum Gasteiger partial charge on any atom is -0.507 e. The van der Waals surface area contributed by atoms with Crippen LogP contribution in [0.3, 0.4) is 0 Å². The van der Waals surface area contributed by atoms with Crippen LogP contribution in [0.4, 0.5) is 0 Å². The van der Waals surface area contributed by atoms with E-state index in [1.165, 1.54) is 30.6 Å². The third kappa shape index (κ3) is 13.5. The van der Waals surface area contributed by atoms with Gasteiger partial charge >= 0.3 is 0 Å². The Bertz CT molecular complexity index is 2530. The minimum atomic E-state index is -0.148. The van der Waals surface area contributed by atoms with E-state index in [4.69, 9.17) is 59.5 Å². The third-order valence-electron chi connectivity index (χ3n) is 8.32. The van der Waals surface area contributed by atoms with E-state index in [0.29, 0.717) is 76.2 Å². The number of aromatic nitrogens is 2. The molecule has 59 heavy (non-hydrogen) atoms. The van der Waals surface area contributed by atoms with Crippen LogP contribution in [0, 0.1) is 36.5 Å². The fraction of sp³-hybridized carbons (Fsp3) is 0.136. The van der Waals surface area contributed by atoms with E-state index in [1.54, 1.807) is 30.6 Å². The number of ether oxygens (including phenoxy) is 3. The van der Waals surface area contributed by atoms with Crippen molar-refractivity contribution in [1.29, 1.82) is 10.5 Å². The minimum absolute atomic E-state index is 0.140. The summed E-state index contributed by atoms with van der Waals surface area (Å²) in [6.07, 6.45) is 7.45. The maximum Gasteiger partial charge on any atom is 0.153 e. The van der Waals surface area contributed by atoms with Gasteiger partial charge in [0.25, 0.3) is 0 Å². The number of aldehydes is 2. The number of carbonyl (C=O) groups excluding carboxylic acids is 2. The maximum atomic E-state index is 11.4. The first-order valence-corrected chi connectivity index (χ1v) is 20.2. The average molecular weight is 980 g/mol. The quantitative estimate of drug-likeness (QED) is 0.0925. The molecule has 0 saturated carbocycles. The first kappa shape index (κ1) is 46.2. The lowest BCUT2D eigenvalue weighted by Gasteiger charge is -2.14. The van der Waals surface area contributed by atoms with Gasteiger partial charge in [0.1, 0.15) is 55.0 Å². The second-order valence-electron chi connectivity index (χ2n) is 12.3. The van der Waals surface area contributed by atoms with E-state index >= 15 is 0 Å². The molecule has 15 heteroatoms. The van der Waals surface area contributed by atoms with Gasteiger partial charge in [-0.2, -0.15) is 10.5 Å². The first-order valence-electron chi connectivity index (χ1n) is 17.3. The number of rotatable bonds is 12. The lowest BCUT2D eigenvalue weighted by molar-refractivity contribution is 0.111. The van der Waals surface area contributed by atoms with Crippen LogP contribution < -0.4 is 14.2 Å². The second-order valence-corrected chi connectivity index (χ2v) is 15.1. The molecule has 0 spiro atoms. The van der Waals surface area contributed by atoms with Crippen LogP contribution in [-0.2, 0) is 25.7 Å². The van der Waals surface area contributed by atoms with Gasteiger partial charge in [-0.25, -0.2) is 0 Å². The maximum absolute atomic E-state index is 11.4. The van der Waals surface area contributed by atoms with Crippen molar-refractivity contribution in [3.63, 3.8) is 0 Å². The van der Waals surface area contributed by atoms with E-state index in [9.17, 15) is 14.7 Å². The SMILES string of the molecule is Cc1c(Br)cccc1COc1cc(O)c(C=O)cc1Cl.Cc1c(Br)cccc1COc1cc(OCc2cncc(C#N)c2)c(C=O)cc1Cl.N#Cc1cncc(CCl)c1. The van der Waals surface area contributed by atoms with Crippen molar-refractivity contribution >= 4 is 79.2 Å². The number of nitriles is 2. The van der Waals surface area contributed by atoms with Crippen LogP contribution in [0.2, 0.25) is 10.0 Å². The molecule has 0 aliphatic carbocycles. The van der Waals surface area contributed by atoms with Gasteiger partial charge in [-0.15, -0.1) is 11.6 Å². The molecule has 6 aromatic rings. The number of phenols is 1. The third-order valence-corrected chi connectivity index (χ3v) is 10.9. The van der Waals surface area contributed by atoms with Gasteiger partial charge in [-0.3, -0.25) is 19.6 Å². The van der Waals surface area contributed by atoms with Crippen LogP contribution in [0.1, 0.15) is 65.2 Å². The first-order chi connectivity index (χ1) is 28.4. The number of halogens is 5.